The highest BCUT2D eigenvalue weighted by Crippen LogP contribution is 2.15. The monoisotopic (exact) mass is 257 g/mol. The molecule has 0 aromatic heterocycles. The van der Waals surface area contributed by atoms with E-state index in [0.717, 1.165) is 5.56 Å². The minimum absolute atomic E-state index is 0.0850. The Bertz CT molecular complexity index is 561. The number of hydrogen-bond acceptors (Lipinski definition) is 2. The third kappa shape index (κ3) is 3.32. The molecule has 2 rings (SSSR count). The van der Waals surface area contributed by atoms with Crippen molar-refractivity contribution in [2.75, 3.05) is 6.61 Å². The summed E-state index contributed by atoms with van der Waals surface area (Å²) in [6.45, 7) is 2.30. The quantitative estimate of drug-likeness (QED) is 0.864. The molecule has 0 saturated heterocycles. The fraction of sp³-hybridized carbons (Fsp3) is 0.312. The van der Waals surface area contributed by atoms with Crippen LogP contribution < -0.4 is 5.32 Å². The van der Waals surface area contributed by atoms with Gasteiger partial charge in [0.1, 0.15) is 0 Å². The lowest BCUT2D eigenvalue weighted by atomic mass is 10.1. The van der Waals surface area contributed by atoms with Gasteiger partial charge in [-0.1, -0.05) is 43.3 Å². The van der Waals surface area contributed by atoms with Gasteiger partial charge in [-0.15, -0.1) is 0 Å². The summed E-state index contributed by atoms with van der Waals surface area (Å²) in [5.74, 6) is -0.390. The fourth-order valence-corrected chi connectivity index (χ4v) is 2.08. The Morgan fingerprint density at radius 2 is 1.95 bits per heavy atom. The molecule has 2 aromatic carbocycles. The molecule has 100 valence electrons. The van der Waals surface area contributed by atoms with Gasteiger partial charge in [0, 0.05) is 6.54 Å². The molecule has 0 aliphatic carbocycles. The fourth-order valence-electron chi connectivity index (χ4n) is 2.08. The Morgan fingerprint density at radius 1 is 1.21 bits per heavy atom. The maximum absolute atomic E-state index is 11.8. The van der Waals surface area contributed by atoms with E-state index in [1.807, 2.05) is 25.1 Å². The molecule has 0 spiro atoms. The first kappa shape index (κ1) is 13.6. The summed E-state index contributed by atoms with van der Waals surface area (Å²) in [5.41, 5.74) is 1.07. The van der Waals surface area contributed by atoms with Gasteiger partial charge in [-0.05, 0) is 28.8 Å². The van der Waals surface area contributed by atoms with Crippen LogP contribution in [0.25, 0.3) is 10.8 Å². The third-order valence-corrected chi connectivity index (χ3v) is 3.36. The SMILES string of the molecule is CCC(CO)C(=O)NCc1ccc2ccccc2c1. The lowest BCUT2D eigenvalue weighted by Crippen LogP contribution is -2.31. The van der Waals surface area contributed by atoms with E-state index in [0.29, 0.717) is 13.0 Å². The Balaban J connectivity index is 2.03. The lowest BCUT2D eigenvalue weighted by Gasteiger charge is -2.12. The summed E-state index contributed by atoms with van der Waals surface area (Å²) < 4.78 is 0. The summed E-state index contributed by atoms with van der Waals surface area (Å²) in [6.07, 6.45) is 0.653. The smallest absolute Gasteiger partial charge is 0.225 e. The van der Waals surface area contributed by atoms with Crippen LogP contribution in [0.15, 0.2) is 42.5 Å². The zero-order valence-corrected chi connectivity index (χ0v) is 11.1. The normalized spacial score (nSPS) is 12.3. The second-order valence-corrected chi connectivity index (χ2v) is 4.69. The predicted molar refractivity (Wildman–Crippen MR) is 76.7 cm³/mol. The molecular formula is C16H19NO2. The Morgan fingerprint density at radius 3 is 2.63 bits per heavy atom. The van der Waals surface area contributed by atoms with Gasteiger partial charge in [0.2, 0.25) is 5.91 Å². The summed E-state index contributed by atoms with van der Waals surface area (Å²) in [4.78, 5) is 11.8. The summed E-state index contributed by atoms with van der Waals surface area (Å²) in [6, 6.07) is 14.3. The van der Waals surface area contributed by atoms with Crippen LogP contribution in [0, 0.1) is 5.92 Å². The van der Waals surface area contributed by atoms with E-state index in [2.05, 4.69) is 29.6 Å². The number of hydrogen-bond donors (Lipinski definition) is 2. The van der Waals surface area contributed by atoms with Crippen LogP contribution >= 0.6 is 0 Å². The van der Waals surface area contributed by atoms with Crippen LogP contribution in [0.5, 0.6) is 0 Å². The van der Waals surface area contributed by atoms with E-state index >= 15 is 0 Å². The molecule has 2 aromatic rings. The van der Waals surface area contributed by atoms with Crippen LogP contribution in [0.1, 0.15) is 18.9 Å². The molecule has 0 fully saturated rings. The van der Waals surface area contributed by atoms with Crippen molar-refractivity contribution < 1.29 is 9.90 Å². The largest absolute Gasteiger partial charge is 0.396 e. The first-order chi connectivity index (χ1) is 9.24. The van der Waals surface area contributed by atoms with Crippen molar-refractivity contribution in [3.8, 4) is 0 Å². The number of aliphatic hydroxyl groups is 1. The number of rotatable bonds is 5. The number of aliphatic hydroxyl groups excluding tert-OH is 1. The number of carbonyl (C=O) groups is 1. The molecule has 0 saturated carbocycles. The van der Waals surface area contributed by atoms with Crippen molar-refractivity contribution in [3.63, 3.8) is 0 Å². The molecule has 0 aliphatic rings. The van der Waals surface area contributed by atoms with Gasteiger partial charge >= 0.3 is 0 Å². The van der Waals surface area contributed by atoms with Crippen molar-refractivity contribution in [2.45, 2.75) is 19.9 Å². The second-order valence-electron chi connectivity index (χ2n) is 4.69. The summed E-state index contributed by atoms with van der Waals surface area (Å²) >= 11 is 0. The number of amides is 1. The Labute approximate surface area is 113 Å². The maximum atomic E-state index is 11.8. The van der Waals surface area contributed by atoms with E-state index in [9.17, 15) is 4.79 Å². The topological polar surface area (TPSA) is 49.3 Å². The van der Waals surface area contributed by atoms with Gasteiger partial charge in [0.25, 0.3) is 0 Å². The summed E-state index contributed by atoms with van der Waals surface area (Å²) in [5, 5.41) is 14.3. The standard InChI is InChI=1S/C16H19NO2/c1-2-13(11-18)16(19)17-10-12-7-8-14-5-3-4-6-15(14)9-12/h3-9,13,18H,2,10-11H2,1H3,(H,17,19). The van der Waals surface area contributed by atoms with E-state index in [1.54, 1.807) is 0 Å². The zero-order valence-electron chi connectivity index (χ0n) is 11.1. The van der Waals surface area contributed by atoms with Crippen LogP contribution in [-0.2, 0) is 11.3 Å². The van der Waals surface area contributed by atoms with Gasteiger partial charge in [-0.25, -0.2) is 0 Å². The van der Waals surface area contributed by atoms with Crippen LogP contribution in [0.3, 0.4) is 0 Å². The molecule has 3 heteroatoms. The molecule has 0 aliphatic heterocycles. The molecule has 1 amide bonds. The number of nitrogens with one attached hydrogen (secondary N) is 1. The molecule has 19 heavy (non-hydrogen) atoms. The van der Waals surface area contributed by atoms with Crippen molar-refractivity contribution in [3.05, 3.63) is 48.0 Å². The minimum atomic E-state index is -0.305. The zero-order chi connectivity index (χ0) is 13.7. The predicted octanol–water partition coefficient (Wildman–Crippen LogP) is 2.47. The molecule has 3 nitrogen and oxygen atoms in total. The van der Waals surface area contributed by atoms with E-state index in [1.165, 1.54) is 10.8 Å². The third-order valence-electron chi connectivity index (χ3n) is 3.36. The van der Waals surface area contributed by atoms with E-state index in [-0.39, 0.29) is 18.4 Å². The van der Waals surface area contributed by atoms with E-state index < -0.39 is 0 Å². The van der Waals surface area contributed by atoms with Crippen LogP contribution in [0.4, 0.5) is 0 Å². The van der Waals surface area contributed by atoms with Crippen molar-refractivity contribution >= 4 is 16.7 Å². The highest BCUT2D eigenvalue weighted by atomic mass is 16.3. The minimum Gasteiger partial charge on any atom is -0.396 e. The lowest BCUT2D eigenvalue weighted by molar-refractivity contribution is -0.126. The molecule has 2 N–H and O–H groups in total. The average molecular weight is 257 g/mol. The van der Waals surface area contributed by atoms with Crippen molar-refractivity contribution in [1.29, 1.82) is 0 Å². The van der Waals surface area contributed by atoms with Gasteiger partial charge in [0.05, 0.1) is 12.5 Å². The first-order valence-corrected chi connectivity index (χ1v) is 6.61. The highest BCUT2D eigenvalue weighted by molar-refractivity contribution is 5.83. The van der Waals surface area contributed by atoms with Crippen LogP contribution in [-0.4, -0.2) is 17.6 Å². The van der Waals surface area contributed by atoms with Crippen molar-refractivity contribution in [2.24, 2.45) is 5.92 Å². The van der Waals surface area contributed by atoms with E-state index in [4.69, 9.17) is 5.11 Å². The van der Waals surface area contributed by atoms with Gasteiger partial charge in [-0.3, -0.25) is 4.79 Å². The molecule has 1 atom stereocenters. The van der Waals surface area contributed by atoms with Crippen molar-refractivity contribution in [1.82, 2.24) is 5.32 Å². The second kappa shape index (κ2) is 6.34. The molecule has 1 unspecified atom stereocenters. The average Bonchev–Trinajstić information content (AvgIpc) is 2.46. The molecule has 0 radical (unpaired) electrons. The Hall–Kier alpha value is -1.87. The molecule has 0 heterocycles. The Kier molecular flexibility index (Phi) is 4.53. The number of fused-ring (bicyclic) bond motifs is 1. The van der Waals surface area contributed by atoms with Gasteiger partial charge in [-0.2, -0.15) is 0 Å². The number of carbonyl (C=O) groups excluding carboxylic acids is 1. The maximum Gasteiger partial charge on any atom is 0.225 e. The van der Waals surface area contributed by atoms with Crippen LogP contribution in [0.2, 0.25) is 0 Å². The number of benzene rings is 2. The summed E-state index contributed by atoms with van der Waals surface area (Å²) in [7, 11) is 0. The van der Waals surface area contributed by atoms with Gasteiger partial charge < -0.3 is 10.4 Å². The molecule has 0 bridgehead atoms. The first-order valence-electron chi connectivity index (χ1n) is 6.61. The molecular weight excluding hydrogens is 238 g/mol. The van der Waals surface area contributed by atoms with Gasteiger partial charge in [0.15, 0.2) is 0 Å². The highest BCUT2D eigenvalue weighted by Gasteiger charge is 2.14.